The summed E-state index contributed by atoms with van der Waals surface area (Å²) in [6.45, 7) is 5.87. The number of fused-ring (bicyclic) bond motifs is 1. The Hall–Kier alpha value is -1.93. The molecule has 25 heavy (non-hydrogen) atoms. The van der Waals surface area contributed by atoms with Crippen molar-refractivity contribution in [3.63, 3.8) is 0 Å². The van der Waals surface area contributed by atoms with Crippen LogP contribution in [0.4, 0.5) is 17.2 Å². The van der Waals surface area contributed by atoms with Crippen LogP contribution in [-0.4, -0.2) is 33.2 Å². The van der Waals surface area contributed by atoms with E-state index in [-0.39, 0.29) is 0 Å². The van der Waals surface area contributed by atoms with Gasteiger partial charge in [0.05, 0.1) is 15.7 Å². The standard InChI is InChI=1S/C15H15BrN6S.C2H6/c1-9-20-8-10(16)15(21-9)22(23-3)14-12(17-2)5-4-11-13(14)19-7-6-18-11;1-2/h4-8,17H,1-3H3;1-2H3. The van der Waals surface area contributed by atoms with Gasteiger partial charge in [-0.15, -0.1) is 0 Å². The summed E-state index contributed by atoms with van der Waals surface area (Å²) < 4.78 is 2.85. The number of hydrogen-bond donors (Lipinski definition) is 1. The molecule has 0 aliphatic rings. The van der Waals surface area contributed by atoms with Gasteiger partial charge in [0.1, 0.15) is 17.0 Å². The van der Waals surface area contributed by atoms with Gasteiger partial charge >= 0.3 is 0 Å². The first-order valence-electron chi connectivity index (χ1n) is 7.90. The van der Waals surface area contributed by atoms with Gasteiger partial charge in [0.2, 0.25) is 0 Å². The van der Waals surface area contributed by atoms with Gasteiger partial charge in [0.15, 0.2) is 5.82 Å². The van der Waals surface area contributed by atoms with Gasteiger partial charge in [-0.25, -0.2) is 9.97 Å². The SMILES string of the molecule is CC.CNc1ccc2nccnc2c1N(SC)c1nc(C)ncc1Br. The van der Waals surface area contributed by atoms with Crippen LogP contribution >= 0.6 is 27.9 Å². The maximum Gasteiger partial charge on any atom is 0.161 e. The molecule has 8 heteroatoms. The highest BCUT2D eigenvalue weighted by atomic mass is 79.9. The smallest absolute Gasteiger partial charge is 0.161 e. The van der Waals surface area contributed by atoms with Gasteiger partial charge in [-0.1, -0.05) is 13.8 Å². The van der Waals surface area contributed by atoms with Crippen molar-refractivity contribution in [1.82, 2.24) is 19.9 Å². The minimum absolute atomic E-state index is 0.708. The summed E-state index contributed by atoms with van der Waals surface area (Å²) in [5, 5.41) is 3.22. The molecule has 2 heterocycles. The van der Waals surface area contributed by atoms with Crippen molar-refractivity contribution in [3.05, 3.63) is 41.0 Å². The average molecular weight is 421 g/mol. The van der Waals surface area contributed by atoms with Gasteiger partial charge in [-0.3, -0.25) is 14.3 Å². The molecule has 2 aromatic heterocycles. The average Bonchev–Trinajstić information content (AvgIpc) is 2.66. The van der Waals surface area contributed by atoms with Crippen LogP contribution in [0.5, 0.6) is 0 Å². The van der Waals surface area contributed by atoms with E-state index in [1.54, 1.807) is 30.5 Å². The molecule has 6 nitrogen and oxygen atoms in total. The van der Waals surface area contributed by atoms with Crippen molar-refractivity contribution in [3.8, 4) is 0 Å². The molecular weight excluding hydrogens is 400 g/mol. The fourth-order valence-corrected chi connectivity index (χ4v) is 3.46. The molecule has 132 valence electrons. The van der Waals surface area contributed by atoms with E-state index >= 15 is 0 Å². The number of benzene rings is 1. The Morgan fingerprint density at radius 2 is 1.84 bits per heavy atom. The predicted molar refractivity (Wildman–Crippen MR) is 111 cm³/mol. The first-order valence-corrected chi connectivity index (χ1v) is 9.88. The second kappa shape index (κ2) is 8.96. The van der Waals surface area contributed by atoms with Crippen LogP contribution in [0.15, 0.2) is 35.2 Å². The lowest BCUT2D eigenvalue weighted by Crippen LogP contribution is -2.13. The first kappa shape index (κ1) is 19.4. The maximum atomic E-state index is 4.57. The molecular formula is C17H21BrN6S. The Morgan fingerprint density at radius 1 is 1.12 bits per heavy atom. The zero-order valence-electron chi connectivity index (χ0n) is 14.9. The molecule has 0 fully saturated rings. The van der Waals surface area contributed by atoms with Crippen LogP contribution in [0.3, 0.4) is 0 Å². The van der Waals surface area contributed by atoms with Crippen molar-refractivity contribution < 1.29 is 0 Å². The van der Waals surface area contributed by atoms with Crippen LogP contribution in [0.1, 0.15) is 19.7 Å². The highest BCUT2D eigenvalue weighted by Gasteiger charge is 2.21. The maximum absolute atomic E-state index is 4.57. The first-order chi connectivity index (χ1) is 12.2. The van der Waals surface area contributed by atoms with E-state index in [1.165, 1.54) is 0 Å². The summed E-state index contributed by atoms with van der Waals surface area (Å²) in [6.07, 6.45) is 7.15. The third kappa shape index (κ3) is 4.01. The van der Waals surface area contributed by atoms with E-state index in [4.69, 9.17) is 0 Å². The Labute approximate surface area is 160 Å². The minimum atomic E-state index is 0.708. The quantitative estimate of drug-likeness (QED) is 0.597. The highest BCUT2D eigenvalue weighted by Crippen LogP contribution is 2.42. The highest BCUT2D eigenvalue weighted by molar-refractivity contribution is 9.10. The Bertz CT molecular complexity index is 858. The molecule has 0 unspecified atom stereocenters. The Morgan fingerprint density at radius 3 is 2.52 bits per heavy atom. The van der Waals surface area contributed by atoms with Gasteiger partial charge in [-0.2, -0.15) is 0 Å². The molecule has 0 saturated carbocycles. The van der Waals surface area contributed by atoms with Crippen molar-refractivity contribution in [1.29, 1.82) is 0 Å². The van der Waals surface area contributed by atoms with Crippen LogP contribution in [0.2, 0.25) is 0 Å². The summed E-state index contributed by atoms with van der Waals surface area (Å²) in [4.78, 5) is 17.7. The summed E-state index contributed by atoms with van der Waals surface area (Å²) >= 11 is 5.09. The van der Waals surface area contributed by atoms with Gasteiger partial charge in [0.25, 0.3) is 0 Å². The van der Waals surface area contributed by atoms with Crippen LogP contribution < -0.4 is 9.62 Å². The van der Waals surface area contributed by atoms with E-state index in [2.05, 4.69) is 41.2 Å². The Kier molecular flexibility index (Phi) is 6.95. The minimum Gasteiger partial charge on any atom is -0.386 e. The number of aryl methyl sites for hydroxylation is 1. The van der Waals surface area contributed by atoms with Gasteiger partial charge < -0.3 is 5.32 Å². The molecule has 1 N–H and O–H groups in total. The number of rotatable bonds is 4. The molecule has 1 aromatic carbocycles. The fourth-order valence-electron chi connectivity index (χ4n) is 2.30. The van der Waals surface area contributed by atoms with Crippen LogP contribution in [0.25, 0.3) is 11.0 Å². The zero-order valence-corrected chi connectivity index (χ0v) is 17.3. The molecule has 0 radical (unpaired) electrons. The van der Waals surface area contributed by atoms with E-state index in [9.17, 15) is 0 Å². The topological polar surface area (TPSA) is 66.8 Å². The number of anilines is 3. The molecule has 3 rings (SSSR count). The van der Waals surface area contributed by atoms with Crippen LogP contribution in [-0.2, 0) is 0 Å². The van der Waals surface area contributed by atoms with Crippen molar-refractivity contribution in [2.75, 3.05) is 22.9 Å². The monoisotopic (exact) mass is 420 g/mol. The lowest BCUT2D eigenvalue weighted by Gasteiger charge is -2.25. The molecule has 0 atom stereocenters. The number of nitrogens with one attached hydrogen (secondary N) is 1. The summed E-state index contributed by atoms with van der Waals surface area (Å²) in [5.74, 6) is 1.49. The molecule has 0 aliphatic carbocycles. The van der Waals surface area contributed by atoms with E-state index in [0.717, 1.165) is 32.7 Å². The number of nitrogens with zero attached hydrogens (tertiary/aromatic N) is 5. The molecule has 0 amide bonds. The lowest BCUT2D eigenvalue weighted by molar-refractivity contribution is 1.03. The molecule has 0 saturated heterocycles. The second-order valence-electron chi connectivity index (χ2n) is 4.70. The van der Waals surface area contributed by atoms with Crippen molar-refractivity contribution in [2.45, 2.75) is 20.8 Å². The summed E-state index contributed by atoms with van der Waals surface area (Å²) in [7, 11) is 1.89. The molecule has 0 bridgehead atoms. The number of aromatic nitrogens is 4. The second-order valence-corrected chi connectivity index (χ2v) is 6.29. The van der Waals surface area contributed by atoms with Crippen molar-refractivity contribution in [2.24, 2.45) is 0 Å². The zero-order chi connectivity index (χ0) is 18.4. The third-order valence-electron chi connectivity index (χ3n) is 3.31. The number of hydrogen-bond acceptors (Lipinski definition) is 7. The third-order valence-corrected chi connectivity index (χ3v) is 4.59. The van der Waals surface area contributed by atoms with Crippen LogP contribution in [0, 0.1) is 6.92 Å². The fraction of sp³-hybridized carbons (Fsp3) is 0.294. The lowest BCUT2D eigenvalue weighted by atomic mass is 10.2. The largest absolute Gasteiger partial charge is 0.386 e. The van der Waals surface area contributed by atoms with Gasteiger partial charge in [-0.05, 0) is 46.9 Å². The normalized spacial score (nSPS) is 10.2. The number of halogens is 1. The molecule has 0 aliphatic heterocycles. The van der Waals surface area contributed by atoms with E-state index < -0.39 is 0 Å². The summed E-state index contributed by atoms with van der Waals surface area (Å²) in [6, 6.07) is 3.95. The Balaban J connectivity index is 0.00000109. The summed E-state index contributed by atoms with van der Waals surface area (Å²) in [5.41, 5.74) is 3.53. The van der Waals surface area contributed by atoms with Gasteiger partial charge in [0, 0.05) is 31.9 Å². The van der Waals surface area contributed by atoms with E-state index in [0.29, 0.717) is 5.82 Å². The van der Waals surface area contributed by atoms with E-state index in [1.807, 2.05) is 50.5 Å². The molecule has 3 aromatic rings. The molecule has 0 spiro atoms. The van der Waals surface area contributed by atoms with Crippen molar-refractivity contribution >= 4 is 56.1 Å². The predicted octanol–water partition coefficient (Wildman–Crippen LogP) is 4.97.